The topological polar surface area (TPSA) is 60.9 Å². The van der Waals surface area contributed by atoms with Gasteiger partial charge in [-0.3, -0.25) is 9.59 Å². The van der Waals surface area contributed by atoms with Gasteiger partial charge in [-0.2, -0.15) is 0 Å². The van der Waals surface area contributed by atoms with Gasteiger partial charge in [0.25, 0.3) is 5.91 Å². The molecule has 0 unspecified atom stereocenters. The number of amides is 2. The first-order chi connectivity index (χ1) is 9.49. The van der Waals surface area contributed by atoms with Crippen molar-refractivity contribution >= 4 is 23.4 Å². The van der Waals surface area contributed by atoms with Crippen LogP contribution in [0.5, 0.6) is 5.75 Å². The summed E-state index contributed by atoms with van der Waals surface area (Å²) in [7, 11) is 0. The number of carbonyl (C=O) groups is 2. The van der Waals surface area contributed by atoms with Gasteiger partial charge in [0.1, 0.15) is 5.75 Å². The van der Waals surface area contributed by atoms with Crippen molar-refractivity contribution in [3.8, 4) is 5.75 Å². The van der Waals surface area contributed by atoms with Crippen molar-refractivity contribution in [1.82, 2.24) is 9.80 Å². The molecule has 20 heavy (non-hydrogen) atoms. The Morgan fingerprint density at radius 1 is 1.15 bits per heavy atom. The quantitative estimate of drug-likeness (QED) is 0.859. The fourth-order valence-electron chi connectivity index (χ4n) is 2.28. The van der Waals surface area contributed by atoms with Crippen LogP contribution in [0.4, 0.5) is 0 Å². The number of hydrogen-bond donors (Lipinski definition) is 1. The molecule has 1 fully saturated rings. The molecular weight excluding hydrogens is 280 g/mol. The zero-order chi connectivity index (χ0) is 14.7. The molecule has 108 valence electrons. The lowest BCUT2D eigenvalue weighted by Crippen LogP contribution is -2.36. The van der Waals surface area contributed by atoms with E-state index in [1.807, 2.05) is 0 Å². The van der Waals surface area contributed by atoms with E-state index in [-0.39, 0.29) is 17.6 Å². The predicted molar refractivity (Wildman–Crippen MR) is 75.9 cm³/mol. The molecule has 0 aliphatic carbocycles. The normalized spacial score (nSPS) is 15.9. The molecule has 0 saturated carbocycles. The molecule has 0 radical (unpaired) electrons. The second-order valence-corrected chi connectivity index (χ2v) is 5.22. The maximum Gasteiger partial charge on any atom is 0.255 e. The second-order valence-electron chi connectivity index (χ2n) is 4.82. The molecule has 1 saturated heterocycles. The van der Waals surface area contributed by atoms with E-state index >= 15 is 0 Å². The maximum absolute atomic E-state index is 12.4. The number of aromatic hydroxyl groups is 1. The number of phenols is 1. The molecule has 1 heterocycles. The first-order valence-corrected chi connectivity index (χ1v) is 6.90. The SMILES string of the molecule is CC(=O)N1CCCN(C(=O)c2cc(O)ccc2Cl)CC1. The van der Waals surface area contributed by atoms with Crippen LogP contribution < -0.4 is 0 Å². The fourth-order valence-corrected chi connectivity index (χ4v) is 2.48. The molecule has 0 aromatic heterocycles. The van der Waals surface area contributed by atoms with E-state index in [2.05, 4.69) is 0 Å². The largest absolute Gasteiger partial charge is 0.508 e. The Morgan fingerprint density at radius 3 is 2.50 bits per heavy atom. The Balaban J connectivity index is 2.13. The molecule has 1 N–H and O–H groups in total. The Bertz CT molecular complexity index is 533. The van der Waals surface area contributed by atoms with Crippen LogP contribution in [-0.4, -0.2) is 52.9 Å². The third-order valence-electron chi connectivity index (χ3n) is 3.41. The van der Waals surface area contributed by atoms with Crippen LogP contribution in [0.25, 0.3) is 0 Å². The van der Waals surface area contributed by atoms with E-state index < -0.39 is 0 Å². The average Bonchev–Trinajstić information content (AvgIpc) is 2.66. The summed E-state index contributed by atoms with van der Waals surface area (Å²) in [4.78, 5) is 27.2. The Labute approximate surface area is 122 Å². The van der Waals surface area contributed by atoms with Gasteiger partial charge in [-0.1, -0.05) is 11.6 Å². The Hall–Kier alpha value is -1.75. The van der Waals surface area contributed by atoms with Gasteiger partial charge >= 0.3 is 0 Å². The minimum absolute atomic E-state index is 0.0120. The summed E-state index contributed by atoms with van der Waals surface area (Å²) >= 11 is 6.01. The van der Waals surface area contributed by atoms with Crippen molar-refractivity contribution in [3.63, 3.8) is 0 Å². The minimum Gasteiger partial charge on any atom is -0.508 e. The molecule has 2 amide bonds. The van der Waals surface area contributed by atoms with Crippen LogP contribution in [0, 0.1) is 0 Å². The molecule has 1 aliphatic rings. The third-order valence-corrected chi connectivity index (χ3v) is 3.74. The average molecular weight is 297 g/mol. The number of phenolic OH excluding ortho intramolecular Hbond substituents is 1. The van der Waals surface area contributed by atoms with Gasteiger partial charge in [0.05, 0.1) is 10.6 Å². The number of carbonyl (C=O) groups excluding carboxylic acids is 2. The highest BCUT2D eigenvalue weighted by molar-refractivity contribution is 6.33. The summed E-state index contributed by atoms with van der Waals surface area (Å²) in [6.45, 7) is 3.77. The first kappa shape index (κ1) is 14.7. The second kappa shape index (κ2) is 6.13. The molecule has 0 bridgehead atoms. The van der Waals surface area contributed by atoms with E-state index in [0.717, 1.165) is 6.42 Å². The van der Waals surface area contributed by atoms with Crippen LogP contribution in [-0.2, 0) is 4.79 Å². The van der Waals surface area contributed by atoms with Crippen molar-refractivity contribution in [3.05, 3.63) is 28.8 Å². The molecule has 5 nitrogen and oxygen atoms in total. The van der Waals surface area contributed by atoms with Crippen molar-refractivity contribution in [2.24, 2.45) is 0 Å². The molecule has 2 rings (SSSR count). The molecule has 6 heteroatoms. The summed E-state index contributed by atoms with van der Waals surface area (Å²) in [5.74, 6) is -0.177. The highest BCUT2D eigenvalue weighted by Gasteiger charge is 2.23. The van der Waals surface area contributed by atoms with Gasteiger partial charge < -0.3 is 14.9 Å². The summed E-state index contributed by atoms with van der Waals surface area (Å²) in [5.41, 5.74) is 0.294. The molecule has 1 aliphatic heterocycles. The zero-order valence-electron chi connectivity index (χ0n) is 11.3. The summed E-state index contributed by atoms with van der Waals surface area (Å²) < 4.78 is 0. The standard InChI is InChI=1S/C14H17ClN2O3/c1-10(18)16-5-2-6-17(8-7-16)14(20)12-9-11(19)3-4-13(12)15/h3-4,9,19H,2,5-8H2,1H3. The monoisotopic (exact) mass is 296 g/mol. The number of halogens is 1. The highest BCUT2D eigenvalue weighted by atomic mass is 35.5. The number of hydrogen-bond acceptors (Lipinski definition) is 3. The van der Waals surface area contributed by atoms with Crippen LogP contribution in [0.2, 0.25) is 5.02 Å². The summed E-state index contributed by atoms with van der Waals surface area (Å²) in [6.07, 6.45) is 0.738. The molecule has 1 aromatic carbocycles. The fraction of sp³-hybridized carbons (Fsp3) is 0.429. The van der Waals surface area contributed by atoms with E-state index in [4.69, 9.17) is 11.6 Å². The van der Waals surface area contributed by atoms with Gasteiger partial charge in [-0.05, 0) is 24.6 Å². The van der Waals surface area contributed by atoms with E-state index in [0.29, 0.717) is 36.8 Å². The minimum atomic E-state index is -0.212. The number of rotatable bonds is 1. The Morgan fingerprint density at radius 2 is 1.80 bits per heavy atom. The van der Waals surface area contributed by atoms with Gasteiger partial charge in [-0.25, -0.2) is 0 Å². The third kappa shape index (κ3) is 3.22. The van der Waals surface area contributed by atoms with Crippen LogP contribution >= 0.6 is 11.6 Å². The molecule has 1 aromatic rings. The Kier molecular flexibility index (Phi) is 4.49. The number of benzene rings is 1. The molecule has 0 atom stereocenters. The first-order valence-electron chi connectivity index (χ1n) is 6.52. The predicted octanol–water partition coefficient (Wildman–Crippen LogP) is 1.74. The van der Waals surface area contributed by atoms with E-state index in [1.165, 1.54) is 25.1 Å². The summed E-state index contributed by atoms with van der Waals surface area (Å²) in [6, 6.07) is 4.32. The molecular formula is C14H17ClN2O3. The zero-order valence-corrected chi connectivity index (χ0v) is 12.1. The van der Waals surface area contributed by atoms with Crippen molar-refractivity contribution in [2.45, 2.75) is 13.3 Å². The lowest BCUT2D eigenvalue weighted by Gasteiger charge is -2.22. The van der Waals surface area contributed by atoms with Gasteiger partial charge in [0.2, 0.25) is 5.91 Å². The number of nitrogens with zero attached hydrogens (tertiary/aromatic N) is 2. The van der Waals surface area contributed by atoms with E-state index in [9.17, 15) is 14.7 Å². The maximum atomic E-state index is 12.4. The lowest BCUT2D eigenvalue weighted by atomic mass is 10.2. The van der Waals surface area contributed by atoms with Crippen LogP contribution in [0.1, 0.15) is 23.7 Å². The van der Waals surface area contributed by atoms with Crippen LogP contribution in [0.3, 0.4) is 0 Å². The highest BCUT2D eigenvalue weighted by Crippen LogP contribution is 2.23. The van der Waals surface area contributed by atoms with Gasteiger partial charge in [0.15, 0.2) is 0 Å². The van der Waals surface area contributed by atoms with E-state index in [1.54, 1.807) is 9.80 Å². The van der Waals surface area contributed by atoms with Crippen molar-refractivity contribution in [1.29, 1.82) is 0 Å². The van der Waals surface area contributed by atoms with Crippen LogP contribution in [0.15, 0.2) is 18.2 Å². The smallest absolute Gasteiger partial charge is 0.255 e. The summed E-state index contributed by atoms with van der Waals surface area (Å²) in [5, 5.41) is 9.79. The lowest BCUT2D eigenvalue weighted by molar-refractivity contribution is -0.128. The van der Waals surface area contributed by atoms with Gasteiger partial charge in [-0.15, -0.1) is 0 Å². The molecule has 0 spiro atoms. The van der Waals surface area contributed by atoms with Gasteiger partial charge in [0, 0.05) is 33.1 Å². The van der Waals surface area contributed by atoms with Crippen molar-refractivity contribution < 1.29 is 14.7 Å². The van der Waals surface area contributed by atoms with Crippen molar-refractivity contribution in [2.75, 3.05) is 26.2 Å².